The molecule has 1 fully saturated rings. The predicted octanol–water partition coefficient (Wildman–Crippen LogP) is 3.55. The first kappa shape index (κ1) is 12.6. The van der Waals surface area contributed by atoms with Crippen molar-refractivity contribution in [2.75, 3.05) is 0 Å². The maximum atomic E-state index is 13.0. The maximum Gasteiger partial charge on any atom is 0.416 e. The minimum absolute atomic E-state index is 0.262. The Morgan fingerprint density at radius 3 is 2.12 bits per heavy atom. The van der Waals surface area contributed by atoms with Crippen LogP contribution in [-0.4, -0.2) is 5.92 Å². The highest BCUT2D eigenvalue weighted by atomic mass is 35.5. The molecule has 1 aliphatic rings. The summed E-state index contributed by atoms with van der Waals surface area (Å²) in [7, 11) is 0. The second-order valence-electron chi connectivity index (χ2n) is 4.08. The molecule has 1 atom stereocenters. The van der Waals surface area contributed by atoms with Crippen molar-refractivity contribution in [3.8, 4) is 0 Å². The molecular formula is C10H7ClF5N. The third-order valence-electron chi connectivity index (χ3n) is 2.77. The summed E-state index contributed by atoms with van der Waals surface area (Å²) in [6.07, 6.45) is -5.31. The van der Waals surface area contributed by atoms with Crippen LogP contribution in [0.5, 0.6) is 0 Å². The van der Waals surface area contributed by atoms with Gasteiger partial charge in [0.15, 0.2) is 0 Å². The SMILES string of the molecule is NC1(c2cc(Cl)cc(C(F)(F)F)c2)CC1(F)F. The monoisotopic (exact) mass is 271 g/mol. The van der Waals surface area contributed by atoms with Gasteiger partial charge in [0.2, 0.25) is 0 Å². The minimum Gasteiger partial charge on any atom is -0.316 e. The Balaban J connectivity index is 2.48. The Kier molecular flexibility index (Phi) is 2.46. The molecule has 0 heterocycles. The van der Waals surface area contributed by atoms with Gasteiger partial charge in [-0.05, 0) is 23.8 Å². The van der Waals surface area contributed by atoms with Crippen molar-refractivity contribution in [2.24, 2.45) is 5.73 Å². The number of nitrogens with two attached hydrogens (primary N) is 1. The van der Waals surface area contributed by atoms with Crippen LogP contribution in [0.4, 0.5) is 22.0 Å². The molecule has 0 aromatic heterocycles. The Bertz CT molecular complexity index is 470. The molecule has 0 bridgehead atoms. The van der Waals surface area contributed by atoms with Gasteiger partial charge in [-0.1, -0.05) is 11.6 Å². The highest BCUT2D eigenvalue weighted by Gasteiger charge is 2.70. The van der Waals surface area contributed by atoms with Crippen LogP contribution in [0.2, 0.25) is 5.02 Å². The van der Waals surface area contributed by atoms with Gasteiger partial charge in [-0.15, -0.1) is 0 Å². The zero-order chi connectivity index (χ0) is 13.1. The molecule has 0 spiro atoms. The van der Waals surface area contributed by atoms with Gasteiger partial charge in [0.25, 0.3) is 5.92 Å². The molecule has 7 heteroatoms. The minimum atomic E-state index is -4.64. The van der Waals surface area contributed by atoms with Gasteiger partial charge in [0, 0.05) is 11.4 Å². The molecule has 2 rings (SSSR count). The lowest BCUT2D eigenvalue weighted by molar-refractivity contribution is -0.137. The summed E-state index contributed by atoms with van der Waals surface area (Å²) in [6.45, 7) is 0. The first-order valence-electron chi connectivity index (χ1n) is 4.61. The quantitative estimate of drug-likeness (QED) is 0.777. The zero-order valence-electron chi connectivity index (χ0n) is 8.28. The molecule has 1 nitrogen and oxygen atoms in total. The van der Waals surface area contributed by atoms with E-state index in [9.17, 15) is 22.0 Å². The van der Waals surface area contributed by atoms with E-state index in [4.69, 9.17) is 17.3 Å². The molecular weight excluding hydrogens is 265 g/mol. The highest BCUT2D eigenvalue weighted by molar-refractivity contribution is 6.30. The lowest BCUT2D eigenvalue weighted by atomic mass is 10.0. The van der Waals surface area contributed by atoms with Crippen molar-refractivity contribution in [2.45, 2.75) is 24.1 Å². The van der Waals surface area contributed by atoms with E-state index in [1.165, 1.54) is 0 Å². The molecule has 0 amide bonds. The molecule has 0 saturated heterocycles. The van der Waals surface area contributed by atoms with Crippen LogP contribution in [-0.2, 0) is 11.7 Å². The summed E-state index contributed by atoms with van der Waals surface area (Å²) in [5, 5.41) is -0.262. The molecule has 2 N–H and O–H groups in total. The zero-order valence-corrected chi connectivity index (χ0v) is 9.04. The van der Waals surface area contributed by atoms with Crippen molar-refractivity contribution < 1.29 is 22.0 Å². The van der Waals surface area contributed by atoms with E-state index in [1.807, 2.05) is 0 Å². The molecule has 17 heavy (non-hydrogen) atoms. The molecule has 0 radical (unpaired) electrons. The van der Waals surface area contributed by atoms with Crippen molar-refractivity contribution in [1.29, 1.82) is 0 Å². The van der Waals surface area contributed by atoms with Gasteiger partial charge >= 0.3 is 6.18 Å². The van der Waals surface area contributed by atoms with E-state index in [2.05, 4.69) is 0 Å². The van der Waals surface area contributed by atoms with E-state index in [0.29, 0.717) is 12.1 Å². The lowest BCUT2D eigenvalue weighted by Gasteiger charge is -2.14. The largest absolute Gasteiger partial charge is 0.416 e. The van der Waals surface area contributed by atoms with Crippen LogP contribution in [0.25, 0.3) is 0 Å². The molecule has 1 unspecified atom stereocenters. The second-order valence-corrected chi connectivity index (χ2v) is 4.52. The Hall–Kier alpha value is -0.880. The summed E-state index contributed by atoms with van der Waals surface area (Å²) in [5.74, 6) is -3.18. The van der Waals surface area contributed by atoms with Crippen molar-refractivity contribution in [3.05, 3.63) is 34.3 Å². The van der Waals surface area contributed by atoms with Crippen LogP contribution in [0, 0.1) is 0 Å². The number of hydrogen-bond acceptors (Lipinski definition) is 1. The fraction of sp³-hybridized carbons (Fsp3) is 0.400. The second kappa shape index (κ2) is 3.32. The van der Waals surface area contributed by atoms with Crippen molar-refractivity contribution >= 4 is 11.6 Å². The van der Waals surface area contributed by atoms with Crippen LogP contribution in [0.1, 0.15) is 17.5 Å². The molecule has 0 aliphatic heterocycles. The van der Waals surface area contributed by atoms with Crippen LogP contribution >= 0.6 is 11.6 Å². The summed E-state index contributed by atoms with van der Waals surface area (Å²) in [6, 6.07) is 2.33. The smallest absolute Gasteiger partial charge is 0.316 e. The third-order valence-corrected chi connectivity index (χ3v) is 2.99. The standard InChI is InChI=1S/C10H7ClF5N/c11-7-2-5(8(17)4-9(8,12)13)1-6(3-7)10(14,15)16/h1-3H,4,17H2. The van der Waals surface area contributed by atoms with Crippen LogP contribution < -0.4 is 5.73 Å². The van der Waals surface area contributed by atoms with Crippen molar-refractivity contribution in [1.82, 2.24) is 0 Å². The fourth-order valence-corrected chi connectivity index (χ4v) is 1.87. The van der Waals surface area contributed by atoms with Crippen molar-refractivity contribution in [3.63, 3.8) is 0 Å². The van der Waals surface area contributed by atoms with Crippen LogP contribution in [0.3, 0.4) is 0 Å². The molecule has 1 aromatic rings. The van der Waals surface area contributed by atoms with E-state index < -0.39 is 29.6 Å². The first-order valence-corrected chi connectivity index (χ1v) is 4.99. The van der Waals surface area contributed by atoms with Gasteiger partial charge in [0.1, 0.15) is 5.54 Å². The maximum absolute atomic E-state index is 13.0. The Labute approximate surface area is 98.4 Å². The van der Waals surface area contributed by atoms with E-state index in [1.54, 1.807) is 0 Å². The van der Waals surface area contributed by atoms with Gasteiger partial charge in [-0.25, -0.2) is 8.78 Å². The molecule has 1 saturated carbocycles. The topological polar surface area (TPSA) is 26.0 Å². The first-order chi connectivity index (χ1) is 7.56. The average Bonchev–Trinajstić information content (AvgIpc) is 2.65. The normalized spacial score (nSPS) is 27.0. The fourth-order valence-electron chi connectivity index (χ4n) is 1.63. The van der Waals surface area contributed by atoms with E-state index in [0.717, 1.165) is 6.07 Å². The van der Waals surface area contributed by atoms with Gasteiger partial charge in [-0.2, -0.15) is 13.2 Å². The number of benzene rings is 1. The average molecular weight is 272 g/mol. The Morgan fingerprint density at radius 1 is 1.18 bits per heavy atom. The van der Waals surface area contributed by atoms with Gasteiger partial charge in [-0.3, -0.25) is 0 Å². The summed E-state index contributed by atoms with van der Waals surface area (Å²) < 4.78 is 63.3. The van der Waals surface area contributed by atoms with Crippen LogP contribution in [0.15, 0.2) is 18.2 Å². The number of halogens is 6. The summed E-state index contributed by atoms with van der Waals surface area (Å²) in [5.41, 5.74) is 1.95. The number of rotatable bonds is 1. The molecule has 1 aromatic carbocycles. The predicted molar refractivity (Wildman–Crippen MR) is 51.9 cm³/mol. The number of hydrogen-bond donors (Lipinski definition) is 1. The van der Waals surface area contributed by atoms with Gasteiger partial charge in [0.05, 0.1) is 5.56 Å². The molecule has 94 valence electrons. The van der Waals surface area contributed by atoms with E-state index >= 15 is 0 Å². The number of alkyl halides is 5. The van der Waals surface area contributed by atoms with Gasteiger partial charge < -0.3 is 5.73 Å². The highest BCUT2D eigenvalue weighted by Crippen LogP contribution is 2.58. The summed E-state index contributed by atoms with van der Waals surface area (Å²) >= 11 is 5.48. The third kappa shape index (κ3) is 1.99. The lowest BCUT2D eigenvalue weighted by Crippen LogP contribution is -2.27. The molecule has 1 aliphatic carbocycles. The van der Waals surface area contributed by atoms with E-state index in [-0.39, 0.29) is 10.6 Å². The summed E-state index contributed by atoms with van der Waals surface area (Å²) in [4.78, 5) is 0. The Morgan fingerprint density at radius 2 is 1.71 bits per heavy atom.